The maximum Gasteiger partial charge on any atom is 0.243 e. The SMILES string of the molecule is Cc1cc(N2CCCC2=O)ccc1S(=O)(=O)N1CCC(N2CCCC2C(N)=O)CC1. The molecule has 1 atom stereocenters. The summed E-state index contributed by atoms with van der Waals surface area (Å²) < 4.78 is 28.1. The fraction of sp³-hybridized carbons (Fsp3) is 0.619. The summed E-state index contributed by atoms with van der Waals surface area (Å²) in [6.07, 6.45) is 4.52. The molecule has 0 spiro atoms. The highest BCUT2D eigenvalue weighted by molar-refractivity contribution is 7.89. The highest BCUT2D eigenvalue weighted by atomic mass is 32.2. The maximum atomic E-state index is 13.3. The van der Waals surface area contributed by atoms with E-state index in [0.29, 0.717) is 49.4 Å². The lowest BCUT2D eigenvalue weighted by Gasteiger charge is -2.38. The molecule has 3 aliphatic heterocycles. The van der Waals surface area contributed by atoms with Crippen LogP contribution in [0.5, 0.6) is 0 Å². The minimum atomic E-state index is -3.60. The normalized spacial score (nSPS) is 24.6. The van der Waals surface area contributed by atoms with Crippen LogP contribution in [0.3, 0.4) is 0 Å². The Morgan fingerprint density at radius 1 is 1.07 bits per heavy atom. The summed E-state index contributed by atoms with van der Waals surface area (Å²) in [5.74, 6) is -0.196. The lowest BCUT2D eigenvalue weighted by Crippen LogP contribution is -2.51. The van der Waals surface area contributed by atoms with Gasteiger partial charge in [-0.1, -0.05) is 0 Å². The monoisotopic (exact) mass is 434 g/mol. The summed E-state index contributed by atoms with van der Waals surface area (Å²) in [5, 5.41) is 0. The first kappa shape index (κ1) is 21.3. The van der Waals surface area contributed by atoms with E-state index in [0.717, 1.165) is 31.5 Å². The Balaban J connectivity index is 1.46. The number of carbonyl (C=O) groups is 2. The number of nitrogens with two attached hydrogens (primary N) is 1. The van der Waals surface area contributed by atoms with Gasteiger partial charge in [0.1, 0.15) is 0 Å². The Morgan fingerprint density at radius 2 is 1.80 bits per heavy atom. The van der Waals surface area contributed by atoms with E-state index in [4.69, 9.17) is 5.73 Å². The molecule has 8 nitrogen and oxygen atoms in total. The van der Waals surface area contributed by atoms with Gasteiger partial charge < -0.3 is 10.6 Å². The number of piperidine rings is 1. The zero-order valence-corrected chi connectivity index (χ0v) is 18.2. The van der Waals surface area contributed by atoms with Crippen molar-refractivity contribution in [3.63, 3.8) is 0 Å². The molecule has 0 radical (unpaired) electrons. The second kappa shape index (κ2) is 8.28. The van der Waals surface area contributed by atoms with E-state index in [1.807, 2.05) is 0 Å². The summed E-state index contributed by atoms with van der Waals surface area (Å²) in [6, 6.07) is 5.13. The van der Waals surface area contributed by atoms with Gasteiger partial charge in [0.2, 0.25) is 21.8 Å². The average Bonchev–Trinajstić information content (AvgIpc) is 3.37. The summed E-state index contributed by atoms with van der Waals surface area (Å²) in [6.45, 7) is 4.18. The molecule has 4 rings (SSSR count). The van der Waals surface area contributed by atoms with Crippen molar-refractivity contribution in [1.29, 1.82) is 0 Å². The van der Waals surface area contributed by atoms with E-state index < -0.39 is 10.0 Å². The van der Waals surface area contributed by atoms with Crippen molar-refractivity contribution < 1.29 is 18.0 Å². The Bertz CT molecular complexity index is 940. The van der Waals surface area contributed by atoms with E-state index in [1.165, 1.54) is 0 Å². The maximum absolute atomic E-state index is 13.3. The Labute approximate surface area is 178 Å². The van der Waals surface area contributed by atoms with Crippen LogP contribution in [0, 0.1) is 6.92 Å². The Morgan fingerprint density at radius 3 is 2.40 bits per heavy atom. The van der Waals surface area contributed by atoms with Gasteiger partial charge in [0.05, 0.1) is 10.9 Å². The fourth-order valence-corrected chi connectivity index (χ4v) is 6.77. The number of amides is 2. The summed E-state index contributed by atoms with van der Waals surface area (Å²) in [7, 11) is -3.60. The first-order chi connectivity index (χ1) is 14.3. The van der Waals surface area contributed by atoms with Crippen LogP contribution in [0.1, 0.15) is 44.1 Å². The van der Waals surface area contributed by atoms with Crippen molar-refractivity contribution in [2.24, 2.45) is 5.73 Å². The molecule has 1 unspecified atom stereocenters. The van der Waals surface area contributed by atoms with Crippen LogP contribution in [0.25, 0.3) is 0 Å². The molecule has 0 bridgehead atoms. The van der Waals surface area contributed by atoms with E-state index in [1.54, 1.807) is 34.3 Å². The molecule has 2 amide bonds. The van der Waals surface area contributed by atoms with Crippen molar-refractivity contribution in [3.8, 4) is 0 Å². The number of sulfonamides is 1. The number of anilines is 1. The number of rotatable bonds is 5. The lowest BCUT2D eigenvalue weighted by atomic mass is 10.0. The van der Waals surface area contributed by atoms with Crippen molar-refractivity contribution in [2.75, 3.05) is 31.1 Å². The van der Waals surface area contributed by atoms with Crippen LogP contribution in [-0.4, -0.2) is 67.7 Å². The molecule has 1 aromatic rings. The topological polar surface area (TPSA) is 104 Å². The predicted octanol–water partition coefficient (Wildman–Crippen LogP) is 1.22. The van der Waals surface area contributed by atoms with Crippen LogP contribution in [0.2, 0.25) is 0 Å². The van der Waals surface area contributed by atoms with Gasteiger partial charge >= 0.3 is 0 Å². The van der Waals surface area contributed by atoms with Crippen molar-refractivity contribution in [1.82, 2.24) is 9.21 Å². The number of likely N-dealkylation sites (tertiary alicyclic amines) is 1. The first-order valence-electron chi connectivity index (χ1n) is 10.8. The third-order valence-electron chi connectivity index (χ3n) is 6.68. The first-order valence-corrected chi connectivity index (χ1v) is 12.2. The van der Waals surface area contributed by atoms with Crippen molar-refractivity contribution in [3.05, 3.63) is 23.8 Å². The Hall–Kier alpha value is -1.97. The van der Waals surface area contributed by atoms with Gasteiger partial charge in [-0.3, -0.25) is 14.5 Å². The summed E-state index contributed by atoms with van der Waals surface area (Å²) in [4.78, 5) is 27.9. The lowest BCUT2D eigenvalue weighted by molar-refractivity contribution is -0.123. The van der Waals surface area contributed by atoms with Gasteiger partial charge in [0.25, 0.3) is 0 Å². The zero-order valence-electron chi connectivity index (χ0n) is 17.4. The minimum absolute atomic E-state index is 0.0863. The second-order valence-corrected chi connectivity index (χ2v) is 10.4. The molecule has 0 aliphatic carbocycles. The van der Waals surface area contributed by atoms with Gasteiger partial charge in [-0.2, -0.15) is 4.31 Å². The van der Waals surface area contributed by atoms with Crippen LogP contribution in [0.4, 0.5) is 5.69 Å². The molecule has 2 N–H and O–H groups in total. The summed E-state index contributed by atoms with van der Waals surface area (Å²) in [5.41, 5.74) is 6.96. The molecule has 30 heavy (non-hydrogen) atoms. The number of nitrogens with zero attached hydrogens (tertiary/aromatic N) is 3. The van der Waals surface area contributed by atoms with Gasteiger partial charge in [-0.05, 0) is 69.3 Å². The molecule has 1 aromatic carbocycles. The number of aryl methyl sites for hydroxylation is 1. The fourth-order valence-electron chi connectivity index (χ4n) is 5.10. The Kier molecular flexibility index (Phi) is 5.87. The zero-order chi connectivity index (χ0) is 21.5. The van der Waals surface area contributed by atoms with E-state index >= 15 is 0 Å². The quantitative estimate of drug-likeness (QED) is 0.751. The number of carbonyl (C=O) groups excluding carboxylic acids is 2. The molecule has 3 aliphatic rings. The van der Waals surface area contributed by atoms with Gasteiger partial charge in [0.15, 0.2) is 0 Å². The van der Waals surface area contributed by atoms with Crippen LogP contribution in [-0.2, 0) is 19.6 Å². The van der Waals surface area contributed by atoms with Gasteiger partial charge in [-0.15, -0.1) is 0 Å². The molecule has 0 aromatic heterocycles. The molecular weight excluding hydrogens is 404 g/mol. The highest BCUT2D eigenvalue weighted by Crippen LogP contribution is 2.31. The van der Waals surface area contributed by atoms with Crippen LogP contribution < -0.4 is 10.6 Å². The summed E-state index contributed by atoms with van der Waals surface area (Å²) >= 11 is 0. The largest absolute Gasteiger partial charge is 0.368 e. The molecule has 0 saturated carbocycles. The third kappa shape index (κ3) is 3.86. The molecule has 3 heterocycles. The molecule has 3 saturated heterocycles. The smallest absolute Gasteiger partial charge is 0.243 e. The van der Waals surface area contributed by atoms with Gasteiger partial charge in [-0.25, -0.2) is 8.42 Å². The van der Waals surface area contributed by atoms with E-state index in [9.17, 15) is 18.0 Å². The predicted molar refractivity (Wildman–Crippen MR) is 113 cm³/mol. The van der Waals surface area contributed by atoms with E-state index in [-0.39, 0.29) is 23.9 Å². The molecular formula is C21H30N4O4S. The number of primary amides is 1. The molecule has 3 fully saturated rings. The molecule has 9 heteroatoms. The third-order valence-corrected chi connectivity index (χ3v) is 8.74. The number of benzene rings is 1. The van der Waals surface area contributed by atoms with Crippen molar-refractivity contribution >= 4 is 27.5 Å². The van der Waals surface area contributed by atoms with E-state index in [2.05, 4.69) is 4.90 Å². The van der Waals surface area contributed by atoms with Crippen LogP contribution >= 0.6 is 0 Å². The number of hydrogen-bond donors (Lipinski definition) is 1. The highest BCUT2D eigenvalue weighted by Gasteiger charge is 2.38. The average molecular weight is 435 g/mol. The van der Waals surface area contributed by atoms with Gasteiger partial charge in [0, 0.05) is 37.8 Å². The minimum Gasteiger partial charge on any atom is -0.368 e. The standard InChI is InChI=1S/C21H30N4O4S/c1-15-14-17(25-11-3-5-20(25)26)6-7-19(15)30(28,29)23-12-8-16(9-13-23)24-10-2-4-18(24)21(22)27/h6-7,14,16,18H,2-5,8-13H2,1H3,(H2,22,27). The molecule has 164 valence electrons. The second-order valence-electron chi connectivity index (χ2n) is 8.53. The van der Waals surface area contributed by atoms with Crippen LogP contribution in [0.15, 0.2) is 23.1 Å². The van der Waals surface area contributed by atoms with Crippen molar-refractivity contribution in [2.45, 2.75) is 62.4 Å². The number of hydrogen-bond acceptors (Lipinski definition) is 5.